The molecule has 128 valence electrons. The van der Waals surface area contributed by atoms with E-state index < -0.39 is 0 Å². The zero-order chi connectivity index (χ0) is 17.8. The molecule has 5 nitrogen and oxygen atoms in total. The topological polar surface area (TPSA) is 56.1 Å². The first-order chi connectivity index (χ1) is 12.1. The fourth-order valence-electron chi connectivity index (χ4n) is 2.75. The zero-order valence-corrected chi connectivity index (χ0v) is 15.5. The first kappa shape index (κ1) is 17.3. The van der Waals surface area contributed by atoms with Crippen molar-refractivity contribution in [2.45, 2.75) is 13.0 Å². The second-order valence-corrected chi connectivity index (χ2v) is 7.08. The minimum Gasteiger partial charge on any atom is -0.358 e. The van der Waals surface area contributed by atoms with Crippen molar-refractivity contribution in [3.63, 3.8) is 0 Å². The Hall–Kier alpha value is -2.49. The van der Waals surface area contributed by atoms with E-state index in [1.807, 2.05) is 39.3 Å². The highest BCUT2D eigenvalue weighted by Gasteiger charge is 2.18. The van der Waals surface area contributed by atoms with Crippen molar-refractivity contribution in [1.29, 1.82) is 5.26 Å². The molecule has 0 N–H and O–H groups in total. The molecule has 0 bridgehead atoms. The molecule has 1 aromatic carbocycles. The molecule has 0 aliphatic rings. The summed E-state index contributed by atoms with van der Waals surface area (Å²) in [7, 11) is 6.01. The van der Waals surface area contributed by atoms with E-state index in [2.05, 4.69) is 33.4 Å². The Morgan fingerprint density at radius 3 is 2.56 bits per heavy atom. The Balaban J connectivity index is 2.16. The van der Waals surface area contributed by atoms with Gasteiger partial charge in [0, 0.05) is 24.5 Å². The Bertz CT molecular complexity index is 895. The molecule has 0 saturated heterocycles. The van der Waals surface area contributed by atoms with Crippen LogP contribution >= 0.6 is 11.3 Å². The lowest BCUT2D eigenvalue weighted by Crippen LogP contribution is -2.21. The summed E-state index contributed by atoms with van der Waals surface area (Å²) in [4.78, 5) is 14.7. The monoisotopic (exact) mass is 351 g/mol. The average molecular weight is 351 g/mol. The molecule has 25 heavy (non-hydrogen) atoms. The Labute approximate surface area is 152 Å². The summed E-state index contributed by atoms with van der Waals surface area (Å²) in [6.45, 7) is 1.34. The SMILES string of the molecule is CN(C)Cc1nc(N(C)CCC#N)c2c(-c3ccccc3)csc2n1. The molecule has 0 radical (unpaired) electrons. The molecule has 0 fully saturated rings. The van der Waals surface area contributed by atoms with Crippen molar-refractivity contribution >= 4 is 27.4 Å². The molecule has 0 aliphatic carbocycles. The van der Waals surface area contributed by atoms with Crippen LogP contribution in [-0.2, 0) is 6.54 Å². The summed E-state index contributed by atoms with van der Waals surface area (Å²) < 4.78 is 0. The summed E-state index contributed by atoms with van der Waals surface area (Å²) in [5, 5.41) is 12.1. The lowest BCUT2D eigenvalue weighted by atomic mass is 10.1. The number of nitrogens with zero attached hydrogens (tertiary/aromatic N) is 5. The first-order valence-electron chi connectivity index (χ1n) is 8.16. The van der Waals surface area contributed by atoms with Crippen molar-refractivity contribution in [3.8, 4) is 17.2 Å². The summed E-state index contributed by atoms with van der Waals surface area (Å²) in [6.07, 6.45) is 0.468. The van der Waals surface area contributed by atoms with Gasteiger partial charge in [0.15, 0.2) is 0 Å². The highest BCUT2D eigenvalue weighted by Crippen LogP contribution is 2.38. The molecule has 0 spiro atoms. The molecule has 6 heteroatoms. The minimum atomic E-state index is 0.468. The molecule has 0 unspecified atom stereocenters. The van der Waals surface area contributed by atoms with E-state index in [9.17, 15) is 0 Å². The summed E-state index contributed by atoms with van der Waals surface area (Å²) in [6, 6.07) is 12.5. The number of aromatic nitrogens is 2. The number of nitriles is 1. The van der Waals surface area contributed by atoms with Gasteiger partial charge >= 0.3 is 0 Å². The van der Waals surface area contributed by atoms with Crippen molar-refractivity contribution in [2.24, 2.45) is 0 Å². The van der Waals surface area contributed by atoms with Crippen molar-refractivity contribution < 1.29 is 0 Å². The quantitative estimate of drug-likeness (QED) is 0.677. The predicted molar refractivity (Wildman–Crippen MR) is 104 cm³/mol. The van der Waals surface area contributed by atoms with Crippen molar-refractivity contribution in [2.75, 3.05) is 32.6 Å². The summed E-state index contributed by atoms with van der Waals surface area (Å²) in [5.74, 6) is 1.70. The highest BCUT2D eigenvalue weighted by atomic mass is 32.1. The van der Waals surface area contributed by atoms with Crippen LogP contribution in [0.4, 0.5) is 5.82 Å². The van der Waals surface area contributed by atoms with Crippen molar-refractivity contribution in [1.82, 2.24) is 14.9 Å². The van der Waals surface area contributed by atoms with Gasteiger partial charge < -0.3 is 9.80 Å². The van der Waals surface area contributed by atoms with Gasteiger partial charge in [-0.05, 0) is 19.7 Å². The van der Waals surface area contributed by atoms with E-state index in [1.54, 1.807) is 11.3 Å². The standard InChI is InChI=1S/C19H21N5S/c1-23(2)12-16-21-18(24(3)11-7-10-20)17-15(13-25-19(17)22-16)14-8-5-4-6-9-14/h4-6,8-9,13H,7,11-12H2,1-3H3. The maximum atomic E-state index is 8.93. The number of hydrogen-bond acceptors (Lipinski definition) is 6. The average Bonchev–Trinajstić information content (AvgIpc) is 3.03. The van der Waals surface area contributed by atoms with Gasteiger partial charge in [-0.3, -0.25) is 0 Å². The predicted octanol–water partition coefficient (Wildman–Crippen LogP) is 3.77. The van der Waals surface area contributed by atoms with Gasteiger partial charge in [0.1, 0.15) is 16.5 Å². The second kappa shape index (κ2) is 7.60. The van der Waals surface area contributed by atoms with Gasteiger partial charge in [-0.2, -0.15) is 5.26 Å². The third-order valence-corrected chi connectivity index (χ3v) is 4.80. The fraction of sp³-hybridized carbons (Fsp3) is 0.316. The zero-order valence-electron chi connectivity index (χ0n) is 14.7. The molecular weight excluding hydrogens is 330 g/mol. The summed E-state index contributed by atoms with van der Waals surface area (Å²) >= 11 is 1.64. The third kappa shape index (κ3) is 3.78. The smallest absolute Gasteiger partial charge is 0.146 e. The Morgan fingerprint density at radius 1 is 1.12 bits per heavy atom. The number of hydrogen-bond donors (Lipinski definition) is 0. The number of fused-ring (bicyclic) bond motifs is 1. The van der Waals surface area contributed by atoms with Gasteiger partial charge in [0.25, 0.3) is 0 Å². The molecular formula is C19H21N5S. The number of benzene rings is 1. The van der Waals surface area contributed by atoms with E-state index in [4.69, 9.17) is 15.2 Å². The van der Waals surface area contributed by atoms with Gasteiger partial charge in [-0.15, -0.1) is 11.3 Å². The third-order valence-electron chi connectivity index (χ3n) is 3.92. The lowest BCUT2D eigenvalue weighted by Gasteiger charge is -2.20. The van der Waals surface area contributed by atoms with Crippen molar-refractivity contribution in [3.05, 3.63) is 41.5 Å². The molecule has 3 aromatic rings. The Morgan fingerprint density at radius 2 is 1.88 bits per heavy atom. The van der Waals surface area contributed by atoms with Crippen LogP contribution in [-0.4, -0.2) is 42.6 Å². The maximum Gasteiger partial charge on any atom is 0.146 e. The van der Waals surface area contributed by atoms with Crippen LogP contribution in [0.25, 0.3) is 21.3 Å². The molecule has 2 aromatic heterocycles. The largest absolute Gasteiger partial charge is 0.358 e. The van der Waals surface area contributed by atoms with Gasteiger partial charge in [0.05, 0.1) is 24.4 Å². The van der Waals surface area contributed by atoms with Crippen LogP contribution in [0.5, 0.6) is 0 Å². The minimum absolute atomic E-state index is 0.468. The highest BCUT2D eigenvalue weighted by molar-refractivity contribution is 7.17. The van der Waals surface area contributed by atoms with Crippen LogP contribution in [0.3, 0.4) is 0 Å². The molecule has 3 rings (SSSR count). The molecule has 0 aliphatic heterocycles. The van der Waals surface area contributed by atoms with Gasteiger partial charge in [-0.25, -0.2) is 9.97 Å². The van der Waals surface area contributed by atoms with E-state index in [0.717, 1.165) is 33.0 Å². The lowest BCUT2D eigenvalue weighted by molar-refractivity contribution is 0.391. The number of anilines is 1. The second-order valence-electron chi connectivity index (χ2n) is 6.23. The summed E-state index contributed by atoms with van der Waals surface area (Å²) in [5.41, 5.74) is 2.31. The van der Waals surface area contributed by atoms with E-state index in [-0.39, 0.29) is 0 Å². The van der Waals surface area contributed by atoms with Crippen LogP contribution in [0.2, 0.25) is 0 Å². The Kier molecular flexibility index (Phi) is 5.27. The van der Waals surface area contributed by atoms with Crippen LogP contribution in [0, 0.1) is 11.3 Å². The van der Waals surface area contributed by atoms with E-state index >= 15 is 0 Å². The van der Waals surface area contributed by atoms with Crippen LogP contribution in [0.15, 0.2) is 35.7 Å². The molecule has 0 amide bonds. The maximum absolute atomic E-state index is 8.93. The number of thiophene rings is 1. The van der Waals surface area contributed by atoms with Gasteiger partial charge in [0.2, 0.25) is 0 Å². The van der Waals surface area contributed by atoms with Gasteiger partial charge in [-0.1, -0.05) is 30.3 Å². The molecule has 0 saturated carbocycles. The molecule has 0 atom stereocenters. The molecule has 2 heterocycles. The van der Waals surface area contributed by atoms with Crippen LogP contribution in [0.1, 0.15) is 12.2 Å². The fourth-order valence-corrected chi connectivity index (χ4v) is 3.71. The normalized spacial score (nSPS) is 11.0. The number of rotatable bonds is 6. The first-order valence-corrected chi connectivity index (χ1v) is 9.04. The van der Waals surface area contributed by atoms with Crippen LogP contribution < -0.4 is 4.90 Å². The van der Waals surface area contributed by atoms with E-state index in [1.165, 1.54) is 0 Å². The van der Waals surface area contributed by atoms with E-state index in [0.29, 0.717) is 19.5 Å².